The van der Waals surface area contributed by atoms with Crippen molar-refractivity contribution in [3.8, 4) is 18.1 Å². The van der Waals surface area contributed by atoms with Gasteiger partial charge in [-0.15, -0.1) is 6.42 Å². The summed E-state index contributed by atoms with van der Waals surface area (Å²) in [5, 5.41) is 0.676. The Bertz CT molecular complexity index is 1140. The Morgan fingerprint density at radius 2 is 1.83 bits per heavy atom. The fourth-order valence-corrected chi connectivity index (χ4v) is 4.05. The second-order valence-corrected chi connectivity index (χ2v) is 7.42. The van der Waals surface area contributed by atoms with E-state index in [-0.39, 0.29) is 17.7 Å². The number of imide groups is 1. The number of rotatable bonds is 6. The number of hydrogen-bond acceptors (Lipinski definition) is 4. The molecular weight excluding hydrogens is 384 g/mol. The molecule has 0 N–H and O–H groups in total. The Hall–Kier alpha value is -3.43. The lowest BCUT2D eigenvalue weighted by Gasteiger charge is -2.08. The number of amides is 2. The third-order valence-corrected chi connectivity index (χ3v) is 5.48. The molecule has 29 heavy (non-hydrogen) atoms. The van der Waals surface area contributed by atoms with Gasteiger partial charge in [0.05, 0.1) is 18.0 Å². The van der Waals surface area contributed by atoms with Gasteiger partial charge in [-0.25, -0.2) is 0 Å². The topological polar surface area (TPSA) is 51.5 Å². The quantitative estimate of drug-likeness (QED) is 0.453. The molecule has 144 valence electrons. The second kappa shape index (κ2) is 8.29. The lowest BCUT2D eigenvalue weighted by Crippen LogP contribution is -2.28. The van der Waals surface area contributed by atoms with Crippen LogP contribution in [-0.2, 0) is 11.3 Å². The summed E-state index contributed by atoms with van der Waals surface area (Å²) in [5.74, 6) is 2.83. The fraction of sp³-hybridized carbons (Fsp3) is 0.130. The zero-order valence-electron chi connectivity index (χ0n) is 15.6. The second-order valence-electron chi connectivity index (χ2n) is 6.43. The van der Waals surface area contributed by atoms with Gasteiger partial charge in [0.2, 0.25) is 0 Å². The van der Waals surface area contributed by atoms with E-state index < -0.39 is 0 Å². The summed E-state index contributed by atoms with van der Waals surface area (Å²) < 4.78 is 7.90. The average Bonchev–Trinajstić information content (AvgIpc) is 3.22. The summed E-state index contributed by atoms with van der Waals surface area (Å²) in [6, 6.07) is 17.6. The molecule has 1 aromatic heterocycles. The van der Waals surface area contributed by atoms with Crippen LogP contribution in [0.1, 0.15) is 5.56 Å². The van der Waals surface area contributed by atoms with Gasteiger partial charge in [0.15, 0.2) is 0 Å². The van der Waals surface area contributed by atoms with E-state index in [0.717, 1.165) is 38.9 Å². The minimum atomic E-state index is -0.345. The van der Waals surface area contributed by atoms with Gasteiger partial charge in [-0.05, 0) is 36.0 Å². The Labute approximate surface area is 172 Å². The van der Waals surface area contributed by atoms with Crippen molar-refractivity contribution >= 4 is 39.9 Å². The molecule has 0 unspecified atom stereocenters. The molecule has 2 amide bonds. The molecule has 0 bridgehead atoms. The molecule has 1 aliphatic rings. The number of terminal acetylenes is 1. The number of nitrogens with zero attached hydrogens (tertiary/aromatic N) is 2. The SMILES string of the molecule is C#CCN1C(=O)S/C(=C\c2cn(CCOc3ccccc3)c3ccccc23)C1=O. The van der Waals surface area contributed by atoms with Crippen molar-refractivity contribution in [2.24, 2.45) is 0 Å². The predicted octanol–water partition coefficient (Wildman–Crippen LogP) is 4.39. The first-order valence-corrected chi connectivity index (χ1v) is 9.93. The van der Waals surface area contributed by atoms with Gasteiger partial charge in [-0.2, -0.15) is 0 Å². The van der Waals surface area contributed by atoms with Gasteiger partial charge in [0, 0.05) is 22.7 Å². The van der Waals surface area contributed by atoms with Gasteiger partial charge < -0.3 is 9.30 Å². The van der Waals surface area contributed by atoms with Crippen LogP contribution in [0.4, 0.5) is 4.79 Å². The zero-order chi connectivity index (χ0) is 20.2. The molecule has 0 atom stereocenters. The molecule has 3 aromatic rings. The van der Waals surface area contributed by atoms with Crippen LogP contribution in [0.5, 0.6) is 5.75 Å². The first kappa shape index (κ1) is 18.9. The normalized spacial score (nSPS) is 15.3. The largest absolute Gasteiger partial charge is 0.492 e. The molecule has 0 spiro atoms. The van der Waals surface area contributed by atoms with Gasteiger partial charge in [-0.1, -0.05) is 42.3 Å². The Kier molecular flexibility index (Phi) is 5.41. The van der Waals surface area contributed by atoms with Crippen LogP contribution in [0.3, 0.4) is 0 Å². The number of carbonyl (C=O) groups excluding carboxylic acids is 2. The minimum absolute atomic E-state index is 0.0133. The summed E-state index contributed by atoms with van der Waals surface area (Å²) in [6.45, 7) is 1.16. The summed E-state index contributed by atoms with van der Waals surface area (Å²) in [4.78, 5) is 26.0. The van der Waals surface area contributed by atoms with Crippen LogP contribution in [0.15, 0.2) is 65.7 Å². The molecule has 2 heterocycles. The molecule has 0 aliphatic carbocycles. The van der Waals surface area contributed by atoms with Crippen molar-refractivity contribution in [1.82, 2.24) is 9.47 Å². The minimum Gasteiger partial charge on any atom is -0.492 e. The molecular formula is C23H18N2O3S. The van der Waals surface area contributed by atoms with E-state index >= 15 is 0 Å². The van der Waals surface area contributed by atoms with Crippen molar-refractivity contribution in [3.63, 3.8) is 0 Å². The van der Waals surface area contributed by atoms with Crippen molar-refractivity contribution in [2.75, 3.05) is 13.2 Å². The van der Waals surface area contributed by atoms with Crippen LogP contribution in [0, 0.1) is 12.3 Å². The molecule has 0 saturated carbocycles. The highest BCUT2D eigenvalue weighted by Crippen LogP contribution is 2.33. The predicted molar refractivity (Wildman–Crippen MR) is 115 cm³/mol. The molecule has 2 aromatic carbocycles. The van der Waals surface area contributed by atoms with Gasteiger partial charge in [0.25, 0.3) is 11.1 Å². The highest BCUT2D eigenvalue weighted by molar-refractivity contribution is 8.18. The number of para-hydroxylation sites is 2. The van der Waals surface area contributed by atoms with E-state index in [0.29, 0.717) is 18.1 Å². The van der Waals surface area contributed by atoms with E-state index in [2.05, 4.69) is 10.5 Å². The van der Waals surface area contributed by atoms with E-state index in [1.807, 2.05) is 60.8 Å². The molecule has 4 rings (SSSR count). The van der Waals surface area contributed by atoms with Gasteiger partial charge in [-0.3, -0.25) is 14.5 Å². The Balaban J connectivity index is 1.59. The maximum atomic E-state index is 12.5. The first-order valence-electron chi connectivity index (χ1n) is 9.12. The van der Waals surface area contributed by atoms with E-state index in [4.69, 9.17) is 11.2 Å². The van der Waals surface area contributed by atoms with Crippen molar-refractivity contribution < 1.29 is 14.3 Å². The van der Waals surface area contributed by atoms with E-state index in [1.165, 1.54) is 0 Å². The number of aromatic nitrogens is 1. The standard InChI is InChI=1S/C23H18N2O3S/c1-2-12-25-22(26)21(29-23(25)27)15-17-16-24(20-11-7-6-10-19(17)20)13-14-28-18-8-4-3-5-9-18/h1,3-11,15-16H,12-14H2/b21-15-. The molecule has 0 radical (unpaired) electrons. The maximum absolute atomic E-state index is 12.5. The van der Waals surface area contributed by atoms with Gasteiger partial charge >= 0.3 is 0 Å². The van der Waals surface area contributed by atoms with Crippen molar-refractivity contribution in [1.29, 1.82) is 0 Å². The monoisotopic (exact) mass is 402 g/mol. The number of carbonyl (C=O) groups is 2. The third-order valence-electron chi connectivity index (χ3n) is 4.57. The highest BCUT2D eigenvalue weighted by Gasteiger charge is 2.34. The summed E-state index contributed by atoms with van der Waals surface area (Å²) >= 11 is 0.919. The molecule has 1 saturated heterocycles. The average molecular weight is 402 g/mol. The molecule has 1 fully saturated rings. The van der Waals surface area contributed by atoms with Crippen LogP contribution >= 0.6 is 11.8 Å². The number of hydrogen-bond donors (Lipinski definition) is 0. The smallest absolute Gasteiger partial charge is 0.294 e. The lowest BCUT2D eigenvalue weighted by molar-refractivity contribution is -0.122. The zero-order valence-corrected chi connectivity index (χ0v) is 16.4. The van der Waals surface area contributed by atoms with Gasteiger partial charge in [0.1, 0.15) is 12.4 Å². The summed E-state index contributed by atoms with van der Waals surface area (Å²) in [5.41, 5.74) is 1.92. The summed E-state index contributed by atoms with van der Waals surface area (Å²) in [7, 11) is 0. The van der Waals surface area contributed by atoms with Crippen LogP contribution in [0.25, 0.3) is 17.0 Å². The van der Waals surface area contributed by atoms with Crippen molar-refractivity contribution in [2.45, 2.75) is 6.54 Å². The van der Waals surface area contributed by atoms with E-state index in [1.54, 1.807) is 6.08 Å². The van der Waals surface area contributed by atoms with Crippen LogP contribution in [-0.4, -0.2) is 33.8 Å². The Morgan fingerprint density at radius 1 is 1.07 bits per heavy atom. The molecule has 6 heteroatoms. The summed E-state index contributed by atoms with van der Waals surface area (Å²) in [6.07, 6.45) is 9.00. The number of benzene rings is 2. The number of fused-ring (bicyclic) bond motifs is 1. The first-order chi connectivity index (χ1) is 14.2. The highest BCUT2D eigenvalue weighted by atomic mass is 32.2. The van der Waals surface area contributed by atoms with Crippen molar-refractivity contribution in [3.05, 3.63) is 71.3 Å². The Morgan fingerprint density at radius 3 is 2.62 bits per heavy atom. The lowest BCUT2D eigenvalue weighted by atomic mass is 10.1. The molecule has 5 nitrogen and oxygen atoms in total. The fourth-order valence-electron chi connectivity index (χ4n) is 3.22. The number of ether oxygens (including phenoxy) is 1. The van der Waals surface area contributed by atoms with Crippen LogP contribution < -0.4 is 4.74 Å². The molecule has 1 aliphatic heterocycles. The maximum Gasteiger partial charge on any atom is 0.294 e. The van der Waals surface area contributed by atoms with Crippen LogP contribution in [0.2, 0.25) is 0 Å². The number of thioether (sulfide) groups is 1. The third kappa shape index (κ3) is 3.91. The van der Waals surface area contributed by atoms with E-state index in [9.17, 15) is 9.59 Å².